The first-order valence-electron chi connectivity index (χ1n) is 6.44. The fraction of sp³-hybridized carbons (Fsp3) is 0.250. The van der Waals surface area contributed by atoms with E-state index in [1.165, 1.54) is 13.2 Å². The molecule has 2 aromatic rings. The molecule has 0 aliphatic rings. The van der Waals surface area contributed by atoms with Gasteiger partial charge in [-0.1, -0.05) is 12.1 Å². The fourth-order valence-electron chi connectivity index (χ4n) is 2.28. The van der Waals surface area contributed by atoms with Crippen molar-refractivity contribution in [1.29, 1.82) is 0 Å². The molecule has 0 aromatic heterocycles. The van der Waals surface area contributed by atoms with E-state index in [4.69, 9.17) is 9.47 Å². The van der Waals surface area contributed by atoms with E-state index in [1.807, 2.05) is 24.3 Å². The van der Waals surface area contributed by atoms with E-state index in [0.717, 1.165) is 9.13 Å². The molecule has 0 aliphatic carbocycles. The molecule has 0 bridgehead atoms. The normalized spacial score (nSPS) is 12.0. The molecular weight excluding hydrogens is 384 g/mol. The zero-order valence-corrected chi connectivity index (χ0v) is 14.3. The van der Waals surface area contributed by atoms with Crippen molar-refractivity contribution in [3.05, 3.63) is 56.9 Å². The molecule has 1 N–H and O–H groups in total. The molecule has 3 nitrogen and oxygen atoms in total. The second-order valence-corrected chi connectivity index (χ2v) is 5.75. The van der Waals surface area contributed by atoms with Gasteiger partial charge in [0.15, 0.2) is 11.5 Å². The Labute approximate surface area is 137 Å². The molecule has 0 saturated heterocycles. The number of benzene rings is 2. The van der Waals surface area contributed by atoms with Crippen LogP contribution in [-0.4, -0.2) is 21.3 Å². The summed E-state index contributed by atoms with van der Waals surface area (Å²) >= 11 is 2.24. The lowest BCUT2D eigenvalue weighted by molar-refractivity contribution is 0.351. The van der Waals surface area contributed by atoms with Crippen molar-refractivity contribution in [2.24, 2.45) is 0 Å². The van der Waals surface area contributed by atoms with Crippen molar-refractivity contribution in [3.63, 3.8) is 0 Å². The summed E-state index contributed by atoms with van der Waals surface area (Å²) in [5.41, 5.74) is 1.52. The summed E-state index contributed by atoms with van der Waals surface area (Å²) in [6.45, 7) is 0. The first-order valence-corrected chi connectivity index (χ1v) is 7.52. The van der Waals surface area contributed by atoms with Gasteiger partial charge in [0, 0.05) is 15.2 Å². The van der Waals surface area contributed by atoms with Gasteiger partial charge in [0.25, 0.3) is 0 Å². The van der Waals surface area contributed by atoms with Crippen LogP contribution in [0.5, 0.6) is 11.5 Å². The molecule has 2 aromatic carbocycles. The van der Waals surface area contributed by atoms with E-state index < -0.39 is 0 Å². The van der Waals surface area contributed by atoms with Crippen LogP contribution in [0.15, 0.2) is 36.4 Å². The lowest BCUT2D eigenvalue weighted by atomic mass is 9.98. The summed E-state index contributed by atoms with van der Waals surface area (Å²) in [6, 6.07) is 10.7. The van der Waals surface area contributed by atoms with Crippen LogP contribution in [0.25, 0.3) is 0 Å². The van der Waals surface area contributed by atoms with Crippen LogP contribution in [0, 0.1) is 9.39 Å². The third-order valence-electron chi connectivity index (χ3n) is 3.28. The van der Waals surface area contributed by atoms with E-state index in [9.17, 15) is 4.39 Å². The largest absolute Gasteiger partial charge is 0.493 e. The lowest BCUT2D eigenvalue weighted by Crippen LogP contribution is -2.19. The van der Waals surface area contributed by atoms with Gasteiger partial charge in [-0.2, -0.15) is 0 Å². The van der Waals surface area contributed by atoms with Crippen LogP contribution in [0.4, 0.5) is 4.39 Å². The molecule has 112 valence electrons. The average molecular weight is 401 g/mol. The van der Waals surface area contributed by atoms with Crippen LogP contribution >= 0.6 is 22.6 Å². The summed E-state index contributed by atoms with van der Waals surface area (Å²) < 4.78 is 25.9. The number of hydrogen-bond acceptors (Lipinski definition) is 3. The summed E-state index contributed by atoms with van der Waals surface area (Å²) in [6.07, 6.45) is 0. The summed E-state index contributed by atoms with van der Waals surface area (Å²) in [7, 11) is 4.84. The Bertz CT molecular complexity index is 634. The number of ether oxygens (including phenoxy) is 2. The molecular formula is C16H17FINO2. The fourth-order valence-corrected chi connectivity index (χ4v) is 2.85. The zero-order chi connectivity index (χ0) is 15.4. The number of hydrogen-bond donors (Lipinski definition) is 1. The minimum absolute atomic E-state index is 0.250. The maximum Gasteiger partial charge on any atom is 0.163 e. The van der Waals surface area contributed by atoms with E-state index in [-0.39, 0.29) is 11.9 Å². The molecule has 1 atom stereocenters. The Morgan fingerprint density at radius 1 is 1.10 bits per heavy atom. The quantitative estimate of drug-likeness (QED) is 0.775. The van der Waals surface area contributed by atoms with Crippen LogP contribution in [0.2, 0.25) is 0 Å². The third-order valence-corrected chi connectivity index (χ3v) is 3.96. The highest BCUT2D eigenvalue weighted by atomic mass is 127. The Morgan fingerprint density at radius 2 is 1.76 bits per heavy atom. The summed E-state index contributed by atoms with van der Waals surface area (Å²) in [5, 5.41) is 3.15. The predicted molar refractivity (Wildman–Crippen MR) is 89.6 cm³/mol. The van der Waals surface area contributed by atoms with E-state index in [2.05, 4.69) is 27.9 Å². The second kappa shape index (κ2) is 7.09. The molecule has 0 spiro atoms. The monoisotopic (exact) mass is 401 g/mol. The van der Waals surface area contributed by atoms with E-state index in [1.54, 1.807) is 20.2 Å². The summed E-state index contributed by atoms with van der Waals surface area (Å²) in [4.78, 5) is 0. The van der Waals surface area contributed by atoms with Crippen molar-refractivity contribution in [3.8, 4) is 11.5 Å². The van der Waals surface area contributed by atoms with Gasteiger partial charge in [0.1, 0.15) is 5.82 Å². The van der Waals surface area contributed by atoms with Gasteiger partial charge in [0.2, 0.25) is 0 Å². The van der Waals surface area contributed by atoms with Crippen LogP contribution in [0.1, 0.15) is 17.2 Å². The summed E-state index contributed by atoms with van der Waals surface area (Å²) in [5.74, 6) is 0.571. The highest BCUT2D eigenvalue weighted by Crippen LogP contribution is 2.34. The molecule has 1 unspecified atom stereocenters. The standard InChI is InChI=1S/C16H17FINO2/c1-19-16(10-5-4-6-11(18)7-10)12-8-14(20-2)15(21-3)9-13(12)17/h4-9,16,19H,1-3H3. The highest BCUT2D eigenvalue weighted by molar-refractivity contribution is 14.1. The number of rotatable bonds is 5. The van der Waals surface area contributed by atoms with Gasteiger partial charge in [-0.3, -0.25) is 0 Å². The van der Waals surface area contributed by atoms with Crippen LogP contribution < -0.4 is 14.8 Å². The zero-order valence-electron chi connectivity index (χ0n) is 12.1. The lowest BCUT2D eigenvalue weighted by Gasteiger charge is -2.20. The van der Waals surface area contributed by atoms with Crippen LogP contribution in [-0.2, 0) is 0 Å². The Hall–Kier alpha value is -1.34. The third kappa shape index (κ3) is 3.47. The number of halogens is 2. The van der Waals surface area contributed by atoms with Crippen LogP contribution in [0.3, 0.4) is 0 Å². The predicted octanol–water partition coefficient (Wildman–Crippen LogP) is 3.76. The van der Waals surface area contributed by atoms with E-state index >= 15 is 0 Å². The SMILES string of the molecule is CNC(c1cccc(I)c1)c1cc(OC)c(OC)cc1F. The molecule has 5 heteroatoms. The maximum absolute atomic E-state index is 14.4. The number of methoxy groups -OCH3 is 2. The molecule has 0 radical (unpaired) electrons. The Balaban J connectivity index is 2.52. The van der Waals surface area contributed by atoms with Gasteiger partial charge in [-0.25, -0.2) is 4.39 Å². The molecule has 0 amide bonds. The molecule has 21 heavy (non-hydrogen) atoms. The molecule has 2 rings (SSSR count). The Morgan fingerprint density at radius 3 is 2.33 bits per heavy atom. The van der Waals surface area contributed by atoms with Crippen molar-refractivity contribution in [2.75, 3.05) is 21.3 Å². The topological polar surface area (TPSA) is 30.5 Å². The smallest absolute Gasteiger partial charge is 0.163 e. The van der Waals surface area contributed by atoms with Gasteiger partial charge in [-0.15, -0.1) is 0 Å². The minimum Gasteiger partial charge on any atom is -0.493 e. The number of nitrogens with one attached hydrogen (secondary N) is 1. The maximum atomic E-state index is 14.4. The van der Waals surface area contributed by atoms with Crippen molar-refractivity contribution >= 4 is 22.6 Å². The first kappa shape index (κ1) is 16.0. The second-order valence-electron chi connectivity index (χ2n) is 4.51. The van der Waals surface area contributed by atoms with Gasteiger partial charge < -0.3 is 14.8 Å². The van der Waals surface area contributed by atoms with Crippen molar-refractivity contribution in [2.45, 2.75) is 6.04 Å². The Kier molecular flexibility index (Phi) is 5.41. The highest BCUT2D eigenvalue weighted by Gasteiger charge is 2.20. The average Bonchev–Trinajstić information content (AvgIpc) is 2.49. The van der Waals surface area contributed by atoms with Crippen molar-refractivity contribution < 1.29 is 13.9 Å². The van der Waals surface area contributed by atoms with E-state index in [0.29, 0.717) is 17.1 Å². The minimum atomic E-state index is -0.328. The van der Waals surface area contributed by atoms with Gasteiger partial charge in [-0.05, 0) is 53.4 Å². The molecule has 0 heterocycles. The first-order chi connectivity index (χ1) is 10.1. The van der Waals surface area contributed by atoms with Gasteiger partial charge in [0.05, 0.1) is 20.3 Å². The molecule has 0 fully saturated rings. The molecule has 0 saturated carbocycles. The van der Waals surface area contributed by atoms with Gasteiger partial charge >= 0.3 is 0 Å². The molecule has 0 aliphatic heterocycles. The van der Waals surface area contributed by atoms with Crippen molar-refractivity contribution in [1.82, 2.24) is 5.32 Å².